The SMILES string of the molecule is CCCNc1nnc(CN2CCCCC2)s1. The second-order valence-electron chi connectivity index (χ2n) is 4.26. The Bertz CT molecular complexity index is 307. The monoisotopic (exact) mass is 240 g/mol. The van der Waals surface area contributed by atoms with Crippen LogP contribution in [0.15, 0.2) is 0 Å². The van der Waals surface area contributed by atoms with Crippen molar-refractivity contribution >= 4 is 16.5 Å². The number of piperidine rings is 1. The van der Waals surface area contributed by atoms with Crippen LogP contribution in [0.25, 0.3) is 0 Å². The van der Waals surface area contributed by atoms with Crippen LogP contribution < -0.4 is 5.32 Å². The summed E-state index contributed by atoms with van der Waals surface area (Å²) in [5.74, 6) is 0. The summed E-state index contributed by atoms with van der Waals surface area (Å²) in [7, 11) is 0. The molecule has 90 valence electrons. The average Bonchev–Trinajstić information content (AvgIpc) is 2.75. The van der Waals surface area contributed by atoms with Gasteiger partial charge in [-0.2, -0.15) is 0 Å². The summed E-state index contributed by atoms with van der Waals surface area (Å²) < 4.78 is 0. The molecule has 1 aliphatic heterocycles. The van der Waals surface area contributed by atoms with E-state index in [1.54, 1.807) is 11.3 Å². The maximum absolute atomic E-state index is 4.23. The van der Waals surface area contributed by atoms with Crippen LogP contribution in [0.2, 0.25) is 0 Å². The fraction of sp³-hybridized carbons (Fsp3) is 0.818. The van der Waals surface area contributed by atoms with Crippen molar-refractivity contribution in [1.82, 2.24) is 15.1 Å². The number of nitrogens with one attached hydrogen (secondary N) is 1. The third-order valence-corrected chi connectivity index (χ3v) is 3.67. The average molecular weight is 240 g/mol. The van der Waals surface area contributed by atoms with Gasteiger partial charge in [0, 0.05) is 6.54 Å². The van der Waals surface area contributed by atoms with E-state index in [0.29, 0.717) is 0 Å². The molecule has 0 bridgehead atoms. The highest BCUT2D eigenvalue weighted by atomic mass is 32.1. The Morgan fingerprint density at radius 2 is 2.06 bits per heavy atom. The van der Waals surface area contributed by atoms with E-state index in [9.17, 15) is 0 Å². The van der Waals surface area contributed by atoms with Crippen LogP contribution in [-0.2, 0) is 6.54 Å². The molecule has 1 N–H and O–H groups in total. The van der Waals surface area contributed by atoms with Gasteiger partial charge in [0.25, 0.3) is 0 Å². The van der Waals surface area contributed by atoms with Crippen molar-refractivity contribution in [2.24, 2.45) is 0 Å². The predicted octanol–water partition coefficient (Wildman–Crippen LogP) is 2.35. The lowest BCUT2D eigenvalue weighted by molar-refractivity contribution is 0.220. The summed E-state index contributed by atoms with van der Waals surface area (Å²) in [6.45, 7) is 6.56. The molecule has 0 unspecified atom stereocenters. The fourth-order valence-corrected chi connectivity index (χ4v) is 2.74. The molecule has 4 nitrogen and oxygen atoms in total. The maximum atomic E-state index is 4.23. The first-order valence-corrected chi connectivity index (χ1v) is 6.98. The lowest BCUT2D eigenvalue weighted by atomic mass is 10.1. The number of nitrogens with zero attached hydrogens (tertiary/aromatic N) is 3. The van der Waals surface area contributed by atoms with E-state index in [4.69, 9.17) is 0 Å². The fourth-order valence-electron chi connectivity index (χ4n) is 1.93. The zero-order valence-electron chi connectivity index (χ0n) is 9.91. The summed E-state index contributed by atoms with van der Waals surface area (Å²) in [6.07, 6.45) is 5.18. The lowest BCUT2D eigenvalue weighted by Gasteiger charge is -2.24. The second-order valence-corrected chi connectivity index (χ2v) is 5.33. The van der Waals surface area contributed by atoms with Crippen molar-refractivity contribution in [3.8, 4) is 0 Å². The Hall–Kier alpha value is -0.680. The Balaban J connectivity index is 1.81. The predicted molar refractivity (Wildman–Crippen MR) is 67.8 cm³/mol. The molecule has 16 heavy (non-hydrogen) atoms. The van der Waals surface area contributed by atoms with Crippen LogP contribution in [0.3, 0.4) is 0 Å². The smallest absolute Gasteiger partial charge is 0.205 e. The zero-order chi connectivity index (χ0) is 11.2. The number of likely N-dealkylation sites (tertiary alicyclic amines) is 1. The lowest BCUT2D eigenvalue weighted by Crippen LogP contribution is -2.28. The van der Waals surface area contributed by atoms with Gasteiger partial charge < -0.3 is 5.32 Å². The van der Waals surface area contributed by atoms with Crippen molar-refractivity contribution in [1.29, 1.82) is 0 Å². The van der Waals surface area contributed by atoms with Crippen LogP contribution in [-0.4, -0.2) is 34.7 Å². The highest BCUT2D eigenvalue weighted by Gasteiger charge is 2.12. The first-order chi connectivity index (χ1) is 7.88. The largest absolute Gasteiger partial charge is 0.360 e. The number of rotatable bonds is 5. The number of hydrogen-bond acceptors (Lipinski definition) is 5. The second kappa shape index (κ2) is 6.15. The van der Waals surface area contributed by atoms with Crippen molar-refractivity contribution in [2.75, 3.05) is 25.0 Å². The third-order valence-electron chi connectivity index (χ3n) is 2.80. The van der Waals surface area contributed by atoms with E-state index in [0.717, 1.165) is 29.6 Å². The van der Waals surface area contributed by atoms with Gasteiger partial charge in [0.15, 0.2) is 0 Å². The van der Waals surface area contributed by atoms with Gasteiger partial charge >= 0.3 is 0 Å². The van der Waals surface area contributed by atoms with E-state index in [-0.39, 0.29) is 0 Å². The van der Waals surface area contributed by atoms with Gasteiger partial charge in [0.2, 0.25) is 5.13 Å². The van der Waals surface area contributed by atoms with Gasteiger partial charge in [-0.25, -0.2) is 0 Å². The first-order valence-electron chi connectivity index (χ1n) is 6.17. The van der Waals surface area contributed by atoms with E-state index >= 15 is 0 Å². The Morgan fingerprint density at radius 1 is 1.25 bits per heavy atom. The maximum Gasteiger partial charge on any atom is 0.205 e. The molecule has 1 aliphatic rings. The molecule has 0 spiro atoms. The van der Waals surface area contributed by atoms with Crippen molar-refractivity contribution in [3.63, 3.8) is 0 Å². The number of hydrogen-bond donors (Lipinski definition) is 1. The molecule has 1 fully saturated rings. The Kier molecular flexibility index (Phi) is 4.54. The molecule has 1 saturated heterocycles. The van der Waals surface area contributed by atoms with Crippen molar-refractivity contribution in [3.05, 3.63) is 5.01 Å². The van der Waals surface area contributed by atoms with Crippen LogP contribution in [0.1, 0.15) is 37.6 Å². The van der Waals surface area contributed by atoms with Gasteiger partial charge in [0.1, 0.15) is 5.01 Å². The molecule has 0 aliphatic carbocycles. The number of aromatic nitrogens is 2. The van der Waals surface area contributed by atoms with Gasteiger partial charge in [-0.3, -0.25) is 4.90 Å². The summed E-state index contributed by atoms with van der Waals surface area (Å²) in [6, 6.07) is 0. The molecule has 0 amide bonds. The Morgan fingerprint density at radius 3 is 2.81 bits per heavy atom. The van der Waals surface area contributed by atoms with Crippen molar-refractivity contribution in [2.45, 2.75) is 39.2 Å². The van der Waals surface area contributed by atoms with E-state index in [1.165, 1.54) is 32.4 Å². The molecule has 0 radical (unpaired) electrons. The van der Waals surface area contributed by atoms with Crippen LogP contribution >= 0.6 is 11.3 Å². The summed E-state index contributed by atoms with van der Waals surface area (Å²) >= 11 is 1.69. The standard InChI is InChI=1S/C11H20N4S/c1-2-6-12-11-14-13-10(16-11)9-15-7-4-3-5-8-15/h2-9H2,1H3,(H,12,14). The summed E-state index contributed by atoms with van der Waals surface area (Å²) in [5, 5.41) is 13.8. The third kappa shape index (κ3) is 3.42. The first kappa shape index (κ1) is 11.8. The quantitative estimate of drug-likeness (QED) is 0.857. The minimum absolute atomic E-state index is 0.967. The minimum Gasteiger partial charge on any atom is -0.360 e. The normalized spacial score (nSPS) is 17.6. The van der Waals surface area contributed by atoms with Gasteiger partial charge in [-0.05, 0) is 32.4 Å². The topological polar surface area (TPSA) is 41.1 Å². The molecule has 0 atom stereocenters. The van der Waals surface area contributed by atoms with E-state index in [2.05, 4.69) is 27.3 Å². The molecule has 0 aromatic carbocycles. The van der Waals surface area contributed by atoms with Gasteiger partial charge in [-0.15, -0.1) is 10.2 Å². The molecule has 2 heterocycles. The molecule has 5 heteroatoms. The van der Waals surface area contributed by atoms with Gasteiger partial charge in [-0.1, -0.05) is 24.7 Å². The van der Waals surface area contributed by atoms with Gasteiger partial charge in [0.05, 0.1) is 6.54 Å². The highest BCUT2D eigenvalue weighted by molar-refractivity contribution is 7.15. The summed E-state index contributed by atoms with van der Waals surface area (Å²) in [5.41, 5.74) is 0. The van der Waals surface area contributed by atoms with Crippen LogP contribution in [0.4, 0.5) is 5.13 Å². The highest BCUT2D eigenvalue weighted by Crippen LogP contribution is 2.18. The van der Waals surface area contributed by atoms with E-state index in [1.807, 2.05) is 0 Å². The zero-order valence-corrected chi connectivity index (χ0v) is 10.7. The van der Waals surface area contributed by atoms with Crippen LogP contribution in [0, 0.1) is 0 Å². The van der Waals surface area contributed by atoms with Crippen molar-refractivity contribution < 1.29 is 0 Å². The molecule has 2 rings (SSSR count). The Labute approximate surface area is 101 Å². The van der Waals surface area contributed by atoms with E-state index < -0.39 is 0 Å². The molecular weight excluding hydrogens is 220 g/mol. The summed E-state index contributed by atoms with van der Waals surface area (Å²) in [4.78, 5) is 2.48. The minimum atomic E-state index is 0.967. The molecular formula is C11H20N4S. The van der Waals surface area contributed by atoms with Crippen LogP contribution in [0.5, 0.6) is 0 Å². The molecule has 1 aromatic heterocycles. The molecule has 1 aromatic rings. The molecule has 0 saturated carbocycles. The number of anilines is 1.